The SMILES string of the molecule is Nc1cc(C(=O)N/N=C\c2ccc(Cl)cc2Cl)cc([N+](=O)[O-])c1. The molecule has 23 heavy (non-hydrogen) atoms. The molecule has 0 aliphatic heterocycles. The molecule has 1 amide bonds. The van der Waals surface area contributed by atoms with E-state index >= 15 is 0 Å². The number of carbonyl (C=O) groups is 1. The number of nitrogen functional groups attached to an aromatic ring is 1. The first kappa shape index (κ1) is 16.7. The molecule has 0 fully saturated rings. The van der Waals surface area contributed by atoms with Crippen LogP contribution in [0, 0.1) is 10.1 Å². The van der Waals surface area contributed by atoms with Crippen LogP contribution in [0.15, 0.2) is 41.5 Å². The smallest absolute Gasteiger partial charge is 0.272 e. The van der Waals surface area contributed by atoms with Crippen LogP contribution in [0.1, 0.15) is 15.9 Å². The van der Waals surface area contributed by atoms with Gasteiger partial charge < -0.3 is 5.73 Å². The second-order valence-electron chi connectivity index (χ2n) is 4.44. The molecular formula is C14H10Cl2N4O3. The number of hydrogen-bond acceptors (Lipinski definition) is 5. The maximum absolute atomic E-state index is 11.9. The molecule has 2 aromatic rings. The molecule has 118 valence electrons. The number of nitrogens with one attached hydrogen (secondary N) is 1. The van der Waals surface area contributed by atoms with Crippen molar-refractivity contribution in [1.29, 1.82) is 0 Å². The van der Waals surface area contributed by atoms with E-state index in [0.29, 0.717) is 15.6 Å². The Kier molecular flexibility index (Phi) is 5.15. The largest absolute Gasteiger partial charge is 0.399 e. The van der Waals surface area contributed by atoms with Gasteiger partial charge in [-0.25, -0.2) is 5.43 Å². The van der Waals surface area contributed by atoms with E-state index in [2.05, 4.69) is 10.5 Å². The molecule has 0 heterocycles. The van der Waals surface area contributed by atoms with Gasteiger partial charge in [0.2, 0.25) is 0 Å². The van der Waals surface area contributed by atoms with E-state index < -0.39 is 10.8 Å². The van der Waals surface area contributed by atoms with Gasteiger partial charge in [0.05, 0.1) is 21.7 Å². The van der Waals surface area contributed by atoms with Crippen LogP contribution in [-0.2, 0) is 0 Å². The van der Waals surface area contributed by atoms with Gasteiger partial charge in [0.25, 0.3) is 11.6 Å². The average Bonchev–Trinajstić information content (AvgIpc) is 2.48. The number of hydrogen-bond donors (Lipinski definition) is 2. The highest BCUT2D eigenvalue weighted by Gasteiger charge is 2.13. The molecular weight excluding hydrogens is 343 g/mol. The summed E-state index contributed by atoms with van der Waals surface area (Å²) in [7, 11) is 0. The molecule has 0 saturated heterocycles. The lowest BCUT2D eigenvalue weighted by atomic mass is 10.1. The Morgan fingerprint density at radius 1 is 1.26 bits per heavy atom. The normalized spacial score (nSPS) is 10.7. The van der Waals surface area contributed by atoms with Crippen LogP contribution >= 0.6 is 23.2 Å². The maximum atomic E-state index is 11.9. The number of nitro groups is 1. The lowest BCUT2D eigenvalue weighted by Crippen LogP contribution is -2.18. The van der Waals surface area contributed by atoms with Crippen molar-refractivity contribution in [3.63, 3.8) is 0 Å². The number of benzene rings is 2. The number of amides is 1. The number of nitrogens with two attached hydrogens (primary N) is 1. The zero-order chi connectivity index (χ0) is 17.0. The van der Waals surface area contributed by atoms with Gasteiger partial charge in [0.15, 0.2) is 0 Å². The van der Waals surface area contributed by atoms with Gasteiger partial charge in [-0.05, 0) is 18.2 Å². The van der Waals surface area contributed by atoms with E-state index in [9.17, 15) is 14.9 Å². The van der Waals surface area contributed by atoms with Gasteiger partial charge in [-0.2, -0.15) is 5.10 Å². The van der Waals surface area contributed by atoms with E-state index in [1.54, 1.807) is 12.1 Å². The van der Waals surface area contributed by atoms with Crippen LogP contribution in [0.3, 0.4) is 0 Å². The van der Waals surface area contributed by atoms with E-state index in [4.69, 9.17) is 28.9 Å². The predicted molar refractivity (Wildman–Crippen MR) is 89.0 cm³/mol. The molecule has 0 radical (unpaired) electrons. The summed E-state index contributed by atoms with van der Waals surface area (Å²) in [5.74, 6) is -0.637. The second kappa shape index (κ2) is 7.08. The van der Waals surface area contributed by atoms with E-state index in [1.807, 2.05) is 0 Å². The first-order valence-corrected chi connectivity index (χ1v) is 6.96. The zero-order valence-corrected chi connectivity index (χ0v) is 13.0. The minimum atomic E-state index is -0.637. The molecule has 0 aliphatic rings. The Hall–Kier alpha value is -2.64. The number of hydrazone groups is 1. The summed E-state index contributed by atoms with van der Waals surface area (Å²) >= 11 is 11.7. The fourth-order valence-electron chi connectivity index (χ4n) is 1.70. The monoisotopic (exact) mass is 352 g/mol. The van der Waals surface area contributed by atoms with Crippen LogP contribution in [0.4, 0.5) is 11.4 Å². The van der Waals surface area contributed by atoms with Gasteiger partial charge in [-0.1, -0.05) is 29.3 Å². The summed E-state index contributed by atoms with van der Waals surface area (Å²) in [6.07, 6.45) is 1.33. The molecule has 0 atom stereocenters. The standard InChI is InChI=1S/C14H10Cl2N4O3/c15-10-2-1-8(13(16)5-10)7-18-19-14(21)9-3-11(17)6-12(4-9)20(22)23/h1-7H,17H2,(H,19,21)/b18-7-. The number of rotatable bonds is 4. The topological polar surface area (TPSA) is 111 Å². The highest BCUT2D eigenvalue weighted by molar-refractivity contribution is 6.36. The maximum Gasteiger partial charge on any atom is 0.272 e. The molecule has 9 heteroatoms. The third-order valence-corrected chi connectivity index (χ3v) is 3.31. The fraction of sp³-hybridized carbons (Fsp3) is 0. The third kappa shape index (κ3) is 4.41. The Morgan fingerprint density at radius 3 is 2.65 bits per heavy atom. The average molecular weight is 353 g/mol. The van der Waals surface area contributed by atoms with Gasteiger partial charge in [0, 0.05) is 28.4 Å². The molecule has 2 aromatic carbocycles. The minimum absolute atomic E-state index is 0.0241. The molecule has 7 nitrogen and oxygen atoms in total. The highest BCUT2D eigenvalue weighted by atomic mass is 35.5. The lowest BCUT2D eigenvalue weighted by Gasteiger charge is -2.02. The molecule has 0 aromatic heterocycles. The minimum Gasteiger partial charge on any atom is -0.399 e. The fourth-order valence-corrected chi connectivity index (χ4v) is 2.16. The Balaban J connectivity index is 2.13. The predicted octanol–water partition coefficient (Wildman–Crippen LogP) is 3.25. The van der Waals surface area contributed by atoms with Crippen molar-refractivity contribution in [1.82, 2.24) is 5.43 Å². The highest BCUT2D eigenvalue weighted by Crippen LogP contribution is 2.20. The first-order chi connectivity index (χ1) is 10.9. The summed E-state index contributed by atoms with van der Waals surface area (Å²) in [4.78, 5) is 22.1. The van der Waals surface area contributed by atoms with Crippen LogP contribution in [0.2, 0.25) is 10.0 Å². The second-order valence-corrected chi connectivity index (χ2v) is 5.28. The van der Waals surface area contributed by atoms with Crippen molar-refractivity contribution in [3.05, 3.63) is 67.7 Å². The van der Waals surface area contributed by atoms with Gasteiger partial charge in [-0.3, -0.25) is 14.9 Å². The van der Waals surface area contributed by atoms with Crippen molar-refractivity contribution in [2.45, 2.75) is 0 Å². The molecule has 0 spiro atoms. The van der Waals surface area contributed by atoms with Gasteiger partial charge >= 0.3 is 0 Å². The van der Waals surface area contributed by atoms with Crippen LogP contribution in [-0.4, -0.2) is 17.0 Å². The molecule has 0 unspecified atom stereocenters. The number of nitrogens with zero attached hydrogens (tertiary/aromatic N) is 2. The summed E-state index contributed by atoms with van der Waals surface area (Å²) in [5.41, 5.74) is 8.18. The van der Waals surface area contributed by atoms with E-state index in [1.165, 1.54) is 18.3 Å². The van der Waals surface area contributed by atoms with Crippen molar-refractivity contribution < 1.29 is 9.72 Å². The Bertz CT molecular complexity index is 809. The Morgan fingerprint density at radius 2 is 2.00 bits per heavy atom. The number of halogens is 2. The first-order valence-electron chi connectivity index (χ1n) is 6.20. The van der Waals surface area contributed by atoms with Crippen LogP contribution in [0.5, 0.6) is 0 Å². The zero-order valence-electron chi connectivity index (χ0n) is 11.5. The van der Waals surface area contributed by atoms with Crippen molar-refractivity contribution >= 4 is 46.7 Å². The summed E-state index contributed by atoms with van der Waals surface area (Å²) in [6, 6.07) is 8.37. The van der Waals surface area contributed by atoms with Crippen LogP contribution < -0.4 is 11.2 Å². The molecule has 2 rings (SSSR count). The molecule has 0 saturated carbocycles. The van der Waals surface area contributed by atoms with Gasteiger partial charge in [-0.15, -0.1) is 0 Å². The lowest BCUT2D eigenvalue weighted by molar-refractivity contribution is -0.384. The number of non-ortho nitro benzene ring substituents is 1. The van der Waals surface area contributed by atoms with Crippen molar-refractivity contribution in [2.75, 3.05) is 5.73 Å². The Labute approximate surface area is 140 Å². The summed E-state index contributed by atoms with van der Waals surface area (Å²) in [5, 5.41) is 15.4. The van der Waals surface area contributed by atoms with Crippen molar-refractivity contribution in [2.24, 2.45) is 5.10 Å². The number of carbonyl (C=O) groups excluding carboxylic acids is 1. The van der Waals surface area contributed by atoms with Crippen LogP contribution in [0.25, 0.3) is 0 Å². The molecule has 0 bridgehead atoms. The van der Waals surface area contributed by atoms with Gasteiger partial charge in [0.1, 0.15) is 0 Å². The summed E-state index contributed by atoms with van der Waals surface area (Å²) in [6.45, 7) is 0. The van der Waals surface area contributed by atoms with Crippen molar-refractivity contribution in [3.8, 4) is 0 Å². The molecule has 3 N–H and O–H groups in total. The number of nitro benzene ring substituents is 1. The molecule has 0 aliphatic carbocycles. The third-order valence-electron chi connectivity index (χ3n) is 2.75. The van der Waals surface area contributed by atoms with E-state index in [-0.39, 0.29) is 16.9 Å². The quantitative estimate of drug-likeness (QED) is 0.380. The summed E-state index contributed by atoms with van der Waals surface area (Å²) < 4.78 is 0. The number of anilines is 1. The van der Waals surface area contributed by atoms with E-state index in [0.717, 1.165) is 12.1 Å².